The first-order valence-corrected chi connectivity index (χ1v) is 9.08. The third-order valence-corrected chi connectivity index (χ3v) is 4.53. The molecule has 0 aliphatic heterocycles. The van der Waals surface area contributed by atoms with Crippen molar-refractivity contribution < 1.29 is 4.42 Å². The number of halogens is 2. The van der Waals surface area contributed by atoms with Crippen LogP contribution >= 0.6 is 35.6 Å². The number of aryl methyl sites for hydroxylation is 2. The van der Waals surface area contributed by atoms with Crippen molar-refractivity contribution in [3.05, 3.63) is 64.8 Å². The van der Waals surface area contributed by atoms with Crippen LogP contribution in [0.5, 0.6) is 0 Å². The number of rotatable bonds is 5. The summed E-state index contributed by atoms with van der Waals surface area (Å²) in [6, 6.07) is 10.1. The van der Waals surface area contributed by atoms with Crippen LogP contribution < -0.4 is 5.32 Å². The smallest absolute Gasteiger partial charge is 0.226 e. The molecule has 8 heteroatoms. The van der Waals surface area contributed by atoms with Crippen LogP contribution in [0.2, 0.25) is 5.02 Å². The molecule has 0 saturated heterocycles. The van der Waals surface area contributed by atoms with Crippen molar-refractivity contribution in [1.29, 1.82) is 0 Å². The highest BCUT2D eigenvalue weighted by Gasteiger charge is 2.11. The number of nitrogens with one attached hydrogen (secondary N) is 1. The fourth-order valence-corrected chi connectivity index (χ4v) is 3.08. The second kappa shape index (κ2) is 9.97. The summed E-state index contributed by atoms with van der Waals surface area (Å²) in [7, 11) is 5.72. The van der Waals surface area contributed by atoms with Gasteiger partial charge in [0.25, 0.3) is 0 Å². The van der Waals surface area contributed by atoms with Crippen molar-refractivity contribution in [2.45, 2.75) is 20.0 Å². The van der Waals surface area contributed by atoms with Gasteiger partial charge >= 0.3 is 0 Å². The first kappa shape index (κ1) is 22.3. The van der Waals surface area contributed by atoms with Crippen LogP contribution in [0, 0.1) is 6.92 Å². The van der Waals surface area contributed by atoms with E-state index in [2.05, 4.69) is 22.2 Å². The summed E-state index contributed by atoms with van der Waals surface area (Å²) in [6.07, 6.45) is 3.56. The van der Waals surface area contributed by atoms with E-state index in [0.717, 1.165) is 27.9 Å². The van der Waals surface area contributed by atoms with Gasteiger partial charge in [0.05, 0.1) is 23.8 Å². The zero-order valence-corrected chi connectivity index (χ0v) is 19.5. The SMILES string of the molecule is CN=C(NCc1coc(-c2ccc(C)cc2)n1)N(C)Cc1cc(Cl)cn1C.I. The molecule has 0 spiro atoms. The molecule has 6 nitrogen and oxygen atoms in total. The van der Waals surface area contributed by atoms with Crippen molar-refractivity contribution in [3.63, 3.8) is 0 Å². The molecule has 3 aromatic rings. The molecular weight excluding hydrogens is 489 g/mol. The first-order valence-electron chi connectivity index (χ1n) is 8.70. The number of guanidine groups is 1. The molecule has 0 unspecified atom stereocenters. The van der Waals surface area contributed by atoms with Crippen LogP contribution in [-0.4, -0.2) is 34.5 Å². The van der Waals surface area contributed by atoms with Gasteiger partial charge in [-0.25, -0.2) is 4.98 Å². The van der Waals surface area contributed by atoms with Crippen LogP contribution in [0.4, 0.5) is 0 Å². The maximum absolute atomic E-state index is 6.06. The number of hydrogen-bond donors (Lipinski definition) is 1. The van der Waals surface area contributed by atoms with E-state index in [-0.39, 0.29) is 24.0 Å². The maximum atomic E-state index is 6.06. The Balaban J connectivity index is 0.00000280. The predicted molar refractivity (Wildman–Crippen MR) is 124 cm³/mol. The van der Waals surface area contributed by atoms with Gasteiger partial charge in [-0.1, -0.05) is 29.3 Å². The minimum atomic E-state index is 0. The van der Waals surface area contributed by atoms with E-state index in [9.17, 15) is 0 Å². The zero-order chi connectivity index (χ0) is 19.4. The summed E-state index contributed by atoms with van der Waals surface area (Å²) >= 11 is 6.06. The van der Waals surface area contributed by atoms with Crippen LogP contribution in [0.15, 0.2) is 52.2 Å². The number of benzene rings is 1. The van der Waals surface area contributed by atoms with Gasteiger partial charge in [-0.15, -0.1) is 24.0 Å². The van der Waals surface area contributed by atoms with E-state index in [1.165, 1.54) is 5.56 Å². The quantitative estimate of drug-likeness (QED) is 0.311. The Labute approximate surface area is 187 Å². The maximum Gasteiger partial charge on any atom is 0.226 e. The van der Waals surface area contributed by atoms with Crippen LogP contribution in [-0.2, 0) is 20.1 Å². The van der Waals surface area contributed by atoms with Crippen molar-refractivity contribution in [2.75, 3.05) is 14.1 Å². The number of hydrogen-bond acceptors (Lipinski definition) is 3. The van der Waals surface area contributed by atoms with E-state index >= 15 is 0 Å². The van der Waals surface area contributed by atoms with Gasteiger partial charge in [-0.3, -0.25) is 4.99 Å². The molecule has 0 saturated carbocycles. The third-order valence-electron chi connectivity index (χ3n) is 4.32. The molecular formula is C20H25ClIN5O. The summed E-state index contributed by atoms with van der Waals surface area (Å²) in [4.78, 5) is 10.9. The molecule has 0 atom stereocenters. The highest BCUT2D eigenvalue weighted by atomic mass is 127. The van der Waals surface area contributed by atoms with E-state index in [1.807, 2.05) is 60.1 Å². The van der Waals surface area contributed by atoms with E-state index in [1.54, 1.807) is 13.3 Å². The lowest BCUT2D eigenvalue weighted by Gasteiger charge is -2.22. The molecule has 0 fully saturated rings. The van der Waals surface area contributed by atoms with Crippen molar-refractivity contribution in [2.24, 2.45) is 12.0 Å². The second-order valence-corrected chi connectivity index (χ2v) is 6.96. The Morgan fingerprint density at radius 1 is 1.32 bits per heavy atom. The lowest BCUT2D eigenvalue weighted by molar-refractivity contribution is 0.461. The molecule has 150 valence electrons. The molecule has 1 aromatic carbocycles. The summed E-state index contributed by atoms with van der Waals surface area (Å²) in [5.74, 6) is 1.39. The number of aromatic nitrogens is 2. The summed E-state index contributed by atoms with van der Waals surface area (Å²) in [6.45, 7) is 3.27. The summed E-state index contributed by atoms with van der Waals surface area (Å²) in [5, 5.41) is 4.05. The Kier molecular flexibility index (Phi) is 7.94. The molecule has 0 radical (unpaired) electrons. The van der Waals surface area contributed by atoms with Gasteiger partial charge in [0.15, 0.2) is 5.96 Å². The standard InChI is InChI=1S/C20H24ClN5O.HI/c1-14-5-7-15(8-6-14)19-24-17(13-27-19)10-23-20(22-2)26(4)12-18-9-16(21)11-25(18)3;/h5-9,11,13H,10,12H2,1-4H3,(H,22,23);1H. The molecule has 1 N–H and O–H groups in total. The normalized spacial score (nSPS) is 11.2. The Morgan fingerprint density at radius 3 is 2.64 bits per heavy atom. The second-order valence-electron chi connectivity index (χ2n) is 6.53. The Morgan fingerprint density at radius 2 is 2.04 bits per heavy atom. The highest BCUT2D eigenvalue weighted by Crippen LogP contribution is 2.19. The van der Waals surface area contributed by atoms with E-state index < -0.39 is 0 Å². The van der Waals surface area contributed by atoms with Gasteiger partial charge in [-0.2, -0.15) is 0 Å². The Bertz CT molecular complexity index is 932. The van der Waals surface area contributed by atoms with E-state index in [0.29, 0.717) is 19.0 Å². The lowest BCUT2D eigenvalue weighted by atomic mass is 10.1. The average molecular weight is 514 g/mol. The molecule has 2 aromatic heterocycles. The summed E-state index contributed by atoms with van der Waals surface area (Å²) in [5.41, 5.74) is 4.10. The average Bonchev–Trinajstić information content (AvgIpc) is 3.22. The lowest BCUT2D eigenvalue weighted by Crippen LogP contribution is -2.38. The minimum Gasteiger partial charge on any atom is -0.444 e. The number of aliphatic imine (C=N–C) groups is 1. The Hall–Kier alpha value is -2.00. The largest absolute Gasteiger partial charge is 0.444 e. The topological polar surface area (TPSA) is 58.6 Å². The molecule has 0 aliphatic carbocycles. The van der Waals surface area contributed by atoms with Crippen molar-refractivity contribution in [3.8, 4) is 11.5 Å². The van der Waals surface area contributed by atoms with Crippen LogP contribution in [0.1, 0.15) is 17.0 Å². The van der Waals surface area contributed by atoms with Crippen LogP contribution in [0.25, 0.3) is 11.5 Å². The van der Waals surface area contributed by atoms with E-state index in [4.69, 9.17) is 16.0 Å². The molecule has 3 rings (SSSR count). The predicted octanol–water partition coefficient (Wildman–Crippen LogP) is 4.47. The minimum absolute atomic E-state index is 0. The highest BCUT2D eigenvalue weighted by molar-refractivity contribution is 14.0. The van der Waals surface area contributed by atoms with Gasteiger partial charge < -0.3 is 19.2 Å². The zero-order valence-electron chi connectivity index (χ0n) is 16.4. The summed E-state index contributed by atoms with van der Waals surface area (Å²) < 4.78 is 7.62. The number of oxazole rings is 1. The number of nitrogens with zero attached hydrogens (tertiary/aromatic N) is 4. The van der Waals surface area contributed by atoms with Gasteiger partial charge in [0.2, 0.25) is 5.89 Å². The third kappa shape index (κ3) is 5.51. The van der Waals surface area contributed by atoms with Gasteiger partial charge in [0, 0.05) is 38.6 Å². The van der Waals surface area contributed by atoms with Crippen molar-refractivity contribution in [1.82, 2.24) is 19.8 Å². The van der Waals surface area contributed by atoms with Crippen molar-refractivity contribution >= 4 is 41.5 Å². The molecule has 0 amide bonds. The van der Waals surface area contributed by atoms with Crippen LogP contribution in [0.3, 0.4) is 0 Å². The molecule has 0 bridgehead atoms. The monoisotopic (exact) mass is 513 g/mol. The fourth-order valence-electron chi connectivity index (χ4n) is 2.81. The molecule has 2 heterocycles. The molecule has 28 heavy (non-hydrogen) atoms. The molecule has 0 aliphatic rings. The van der Waals surface area contributed by atoms with Gasteiger partial charge in [-0.05, 0) is 25.1 Å². The van der Waals surface area contributed by atoms with Gasteiger partial charge in [0.1, 0.15) is 6.26 Å². The fraction of sp³-hybridized carbons (Fsp3) is 0.300. The first-order chi connectivity index (χ1) is 13.0.